The average molecular weight is 240 g/mol. The third kappa shape index (κ3) is 2.39. The molecule has 1 N–H and O–H groups in total. The van der Waals surface area contributed by atoms with Crippen LogP contribution in [0.5, 0.6) is 0 Å². The summed E-state index contributed by atoms with van der Waals surface area (Å²) in [4.78, 5) is 5.34. The Morgan fingerprint density at radius 1 is 1.40 bits per heavy atom. The molecule has 4 nitrogen and oxygen atoms in total. The molecule has 6 heteroatoms. The Hall–Kier alpha value is -0.850. The van der Waals surface area contributed by atoms with Crippen LogP contribution in [0.1, 0.15) is 17.6 Å². The summed E-state index contributed by atoms with van der Waals surface area (Å²) in [5.74, 6) is 0. The zero-order chi connectivity index (χ0) is 10.7. The fourth-order valence-electron chi connectivity index (χ4n) is 1.16. The van der Waals surface area contributed by atoms with Gasteiger partial charge in [-0.15, -0.1) is 21.5 Å². The van der Waals surface area contributed by atoms with Crippen LogP contribution in [0, 0.1) is 6.92 Å². The first-order valence-corrected chi connectivity index (χ1v) is 6.44. The van der Waals surface area contributed by atoms with Crippen molar-refractivity contribution in [3.05, 3.63) is 16.2 Å². The molecular formula is C9H12N4S2. The van der Waals surface area contributed by atoms with Gasteiger partial charge in [0.05, 0.1) is 16.1 Å². The normalized spacial score (nSPS) is 10.8. The quantitative estimate of drug-likeness (QED) is 0.889. The van der Waals surface area contributed by atoms with Crippen molar-refractivity contribution in [2.75, 3.05) is 6.54 Å². The summed E-state index contributed by atoms with van der Waals surface area (Å²) >= 11 is 3.25. The summed E-state index contributed by atoms with van der Waals surface area (Å²) in [6.45, 7) is 5.83. The Bertz CT molecular complexity index is 435. The van der Waals surface area contributed by atoms with Crippen molar-refractivity contribution in [2.45, 2.75) is 20.4 Å². The SMILES string of the molecule is CCNCc1nnc(-c2scnc2C)s1. The molecule has 0 aliphatic rings. The van der Waals surface area contributed by atoms with Crippen molar-refractivity contribution in [3.63, 3.8) is 0 Å². The number of nitrogens with one attached hydrogen (secondary N) is 1. The van der Waals surface area contributed by atoms with Crippen LogP contribution in [0.15, 0.2) is 5.51 Å². The summed E-state index contributed by atoms with van der Waals surface area (Å²) in [5.41, 5.74) is 2.88. The van der Waals surface area contributed by atoms with E-state index in [4.69, 9.17) is 0 Å². The Morgan fingerprint density at radius 2 is 2.27 bits per heavy atom. The molecule has 2 heterocycles. The lowest BCUT2D eigenvalue weighted by molar-refractivity contribution is 0.715. The van der Waals surface area contributed by atoms with Crippen molar-refractivity contribution in [1.82, 2.24) is 20.5 Å². The van der Waals surface area contributed by atoms with Crippen LogP contribution >= 0.6 is 22.7 Å². The number of hydrogen-bond acceptors (Lipinski definition) is 6. The van der Waals surface area contributed by atoms with Crippen LogP contribution in [-0.4, -0.2) is 21.7 Å². The van der Waals surface area contributed by atoms with Crippen molar-refractivity contribution >= 4 is 22.7 Å². The van der Waals surface area contributed by atoms with E-state index in [1.54, 1.807) is 22.7 Å². The molecule has 0 bridgehead atoms. The zero-order valence-electron chi connectivity index (χ0n) is 8.65. The highest BCUT2D eigenvalue weighted by molar-refractivity contribution is 7.20. The van der Waals surface area contributed by atoms with Crippen LogP contribution < -0.4 is 5.32 Å². The fourth-order valence-corrected chi connectivity index (χ4v) is 2.91. The van der Waals surface area contributed by atoms with Gasteiger partial charge in [0.1, 0.15) is 5.01 Å². The maximum absolute atomic E-state index is 4.21. The molecule has 0 radical (unpaired) electrons. The number of nitrogens with zero attached hydrogens (tertiary/aromatic N) is 3. The lowest BCUT2D eigenvalue weighted by Crippen LogP contribution is -2.11. The van der Waals surface area contributed by atoms with Crippen LogP contribution in [0.25, 0.3) is 9.88 Å². The molecule has 15 heavy (non-hydrogen) atoms. The van der Waals surface area contributed by atoms with Crippen LogP contribution in [0.3, 0.4) is 0 Å². The predicted molar refractivity (Wildman–Crippen MR) is 63.1 cm³/mol. The number of aryl methyl sites for hydroxylation is 1. The van der Waals surface area contributed by atoms with Gasteiger partial charge in [-0.2, -0.15) is 0 Å². The van der Waals surface area contributed by atoms with Gasteiger partial charge in [0.15, 0.2) is 5.01 Å². The minimum atomic E-state index is 0.798. The summed E-state index contributed by atoms with van der Waals surface area (Å²) in [6, 6.07) is 0. The smallest absolute Gasteiger partial charge is 0.159 e. The zero-order valence-corrected chi connectivity index (χ0v) is 10.3. The Labute approximate surface area is 96.4 Å². The summed E-state index contributed by atoms with van der Waals surface area (Å²) in [6.07, 6.45) is 0. The molecular weight excluding hydrogens is 228 g/mol. The first-order chi connectivity index (χ1) is 7.31. The van der Waals surface area contributed by atoms with Gasteiger partial charge in [-0.25, -0.2) is 4.98 Å². The largest absolute Gasteiger partial charge is 0.311 e. The second kappa shape index (κ2) is 4.78. The molecule has 0 aliphatic heterocycles. The summed E-state index contributed by atoms with van der Waals surface area (Å²) in [7, 11) is 0. The van der Waals surface area contributed by atoms with E-state index in [-0.39, 0.29) is 0 Å². The molecule has 0 unspecified atom stereocenters. The van der Waals surface area contributed by atoms with Gasteiger partial charge >= 0.3 is 0 Å². The minimum Gasteiger partial charge on any atom is -0.311 e. The van der Waals surface area contributed by atoms with Gasteiger partial charge in [0.2, 0.25) is 0 Å². The van der Waals surface area contributed by atoms with Crippen LogP contribution in [0.4, 0.5) is 0 Å². The average Bonchev–Trinajstić information content (AvgIpc) is 2.83. The third-order valence-electron chi connectivity index (χ3n) is 1.93. The van der Waals surface area contributed by atoms with E-state index in [2.05, 4.69) is 27.4 Å². The second-order valence-corrected chi connectivity index (χ2v) is 4.97. The molecule has 2 aromatic heterocycles. The Balaban J connectivity index is 2.17. The first kappa shape index (κ1) is 10.7. The summed E-state index contributed by atoms with van der Waals surface area (Å²) < 4.78 is 0. The number of rotatable bonds is 4. The van der Waals surface area contributed by atoms with Gasteiger partial charge in [-0.3, -0.25) is 0 Å². The van der Waals surface area contributed by atoms with Crippen LogP contribution in [0.2, 0.25) is 0 Å². The number of thiazole rings is 1. The number of hydrogen-bond donors (Lipinski definition) is 1. The molecule has 0 saturated carbocycles. The monoisotopic (exact) mass is 240 g/mol. The molecule has 0 spiro atoms. The molecule has 0 saturated heterocycles. The van der Waals surface area contributed by atoms with Crippen LogP contribution in [-0.2, 0) is 6.54 Å². The lowest BCUT2D eigenvalue weighted by atomic mass is 10.4. The highest BCUT2D eigenvalue weighted by atomic mass is 32.1. The third-order valence-corrected chi connectivity index (χ3v) is 3.94. The van der Waals surface area contributed by atoms with E-state index < -0.39 is 0 Å². The van der Waals surface area contributed by atoms with E-state index in [9.17, 15) is 0 Å². The van der Waals surface area contributed by atoms with E-state index in [1.165, 1.54) is 0 Å². The molecule has 0 aliphatic carbocycles. The molecule has 2 aromatic rings. The van der Waals surface area contributed by atoms with Gasteiger partial charge in [-0.1, -0.05) is 18.3 Å². The summed E-state index contributed by atoms with van der Waals surface area (Å²) in [5, 5.41) is 13.5. The molecule has 0 amide bonds. The Morgan fingerprint density at radius 3 is 2.93 bits per heavy atom. The van der Waals surface area contributed by atoms with E-state index in [0.29, 0.717) is 0 Å². The van der Waals surface area contributed by atoms with Crippen molar-refractivity contribution < 1.29 is 0 Å². The minimum absolute atomic E-state index is 0.798. The highest BCUT2D eigenvalue weighted by Crippen LogP contribution is 2.29. The molecule has 2 rings (SSSR count). The van der Waals surface area contributed by atoms with Gasteiger partial charge in [0.25, 0.3) is 0 Å². The van der Waals surface area contributed by atoms with E-state index in [1.807, 2.05) is 12.4 Å². The maximum atomic E-state index is 4.21. The molecule has 0 atom stereocenters. The lowest BCUT2D eigenvalue weighted by Gasteiger charge is -1.93. The fraction of sp³-hybridized carbons (Fsp3) is 0.444. The topological polar surface area (TPSA) is 50.7 Å². The van der Waals surface area contributed by atoms with Gasteiger partial charge < -0.3 is 5.32 Å². The maximum Gasteiger partial charge on any atom is 0.159 e. The molecule has 80 valence electrons. The van der Waals surface area contributed by atoms with Gasteiger partial charge in [-0.05, 0) is 13.5 Å². The van der Waals surface area contributed by atoms with Crippen molar-refractivity contribution in [2.24, 2.45) is 0 Å². The Kier molecular flexibility index (Phi) is 3.40. The van der Waals surface area contributed by atoms with E-state index >= 15 is 0 Å². The van der Waals surface area contributed by atoms with Crippen molar-refractivity contribution in [3.8, 4) is 9.88 Å². The second-order valence-electron chi connectivity index (χ2n) is 3.05. The predicted octanol–water partition coefficient (Wildman–Crippen LogP) is 2.08. The standard InChI is InChI=1S/C9H12N4S2/c1-3-10-4-7-12-13-9(15-7)8-6(2)11-5-14-8/h5,10H,3-4H2,1-2H3. The highest BCUT2D eigenvalue weighted by Gasteiger charge is 2.10. The van der Waals surface area contributed by atoms with Gasteiger partial charge in [0, 0.05) is 6.54 Å². The molecule has 0 fully saturated rings. The number of aromatic nitrogens is 3. The molecule has 0 aromatic carbocycles. The van der Waals surface area contributed by atoms with E-state index in [0.717, 1.165) is 33.7 Å². The first-order valence-electron chi connectivity index (χ1n) is 4.74. The van der Waals surface area contributed by atoms with Crippen molar-refractivity contribution in [1.29, 1.82) is 0 Å².